The molecule has 0 spiro atoms. The van der Waals surface area contributed by atoms with E-state index in [1.54, 1.807) is 0 Å². The van der Waals surface area contributed by atoms with E-state index in [0.29, 0.717) is 13.2 Å². The molecular weight excluding hydrogens is 224 g/mol. The molecule has 17 heavy (non-hydrogen) atoms. The molecule has 0 radical (unpaired) electrons. The Balaban J connectivity index is 2.36. The lowest BCUT2D eigenvalue weighted by Gasteiger charge is -2.16. The lowest BCUT2D eigenvalue weighted by molar-refractivity contribution is -0.129. The van der Waals surface area contributed by atoms with Gasteiger partial charge in [-0.05, 0) is 12.8 Å². The Labute approximate surface area is 101 Å². The van der Waals surface area contributed by atoms with E-state index in [4.69, 9.17) is 9.47 Å². The van der Waals surface area contributed by atoms with Crippen molar-refractivity contribution < 1.29 is 19.1 Å². The Hall–Kier alpha value is -1.14. The molecule has 3 amide bonds. The van der Waals surface area contributed by atoms with Gasteiger partial charge in [0.15, 0.2) is 0 Å². The number of carbonyl (C=O) groups excluding carboxylic acids is 2. The van der Waals surface area contributed by atoms with E-state index in [2.05, 4.69) is 0 Å². The molecule has 0 bridgehead atoms. The molecule has 0 N–H and O–H groups in total. The van der Waals surface area contributed by atoms with Crippen molar-refractivity contribution >= 4 is 11.9 Å². The zero-order valence-corrected chi connectivity index (χ0v) is 10.5. The summed E-state index contributed by atoms with van der Waals surface area (Å²) in [7, 11) is 0. The highest BCUT2D eigenvalue weighted by Gasteiger charge is 2.35. The topological polar surface area (TPSA) is 59.1 Å². The highest BCUT2D eigenvalue weighted by molar-refractivity contribution is 6.01. The van der Waals surface area contributed by atoms with E-state index in [1.807, 2.05) is 13.8 Å². The minimum Gasteiger partial charge on any atom is -0.361 e. The van der Waals surface area contributed by atoms with E-state index in [9.17, 15) is 9.59 Å². The smallest absolute Gasteiger partial charge is 0.330 e. The standard InChI is InChI=1S/C11H20N2O4/c1-3-5-16-8-12-7-10(14)13(11(12)15)9-17-6-4-2/h3-9H2,1-2H3. The first-order valence-corrected chi connectivity index (χ1v) is 5.95. The molecule has 0 aromatic carbocycles. The Morgan fingerprint density at radius 3 is 2.24 bits per heavy atom. The van der Waals surface area contributed by atoms with E-state index >= 15 is 0 Å². The van der Waals surface area contributed by atoms with Gasteiger partial charge in [0.05, 0.1) is 0 Å². The average Bonchev–Trinajstić information content (AvgIpc) is 2.57. The number of urea groups is 1. The van der Waals surface area contributed by atoms with Crippen molar-refractivity contribution in [2.24, 2.45) is 0 Å². The van der Waals surface area contributed by atoms with Crippen molar-refractivity contribution in [3.63, 3.8) is 0 Å². The molecular formula is C11H20N2O4. The summed E-state index contributed by atoms with van der Waals surface area (Å²) < 4.78 is 10.4. The fourth-order valence-corrected chi connectivity index (χ4v) is 1.44. The number of amides is 3. The summed E-state index contributed by atoms with van der Waals surface area (Å²) in [5, 5.41) is 0. The van der Waals surface area contributed by atoms with Crippen LogP contribution in [0.1, 0.15) is 26.7 Å². The summed E-state index contributed by atoms with van der Waals surface area (Å²) >= 11 is 0. The third kappa shape index (κ3) is 3.98. The zero-order valence-electron chi connectivity index (χ0n) is 10.5. The molecule has 0 aromatic rings. The lowest BCUT2D eigenvalue weighted by Crippen LogP contribution is -2.35. The van der Waals surface area contributed by atoms with Crippen molar-refractivity contribution in [3.05, 3.63) is 0 Å². The zero-order chi connectivity index (χ0) is 12.7. The number of ether oxygens (including phenoxy) is 2. The summed E-state index contributed by atoms with van der Waals surface area (Å²) in [5.74, 6) is -0.230. The molecule has 6 heteroatoms. The van der Waals surface area contributed by atoms with E-state index in [1.165, 1.54) is 4.90 Å². The van der Waals surface area contributed by atoms with Gasteiger partial charge in [-0.15, -0.1) is 0 Å². The SMILES string of the molecule is CCCOCN1CC(=O)N(COCCC)C1=O. The Bertz CT molecular complexity index is 270. The van der Waals surface area contributed by atoms with Gasteiger partial charge in [-0.1, -0.05) is 13.8 Å². The number of nitrogens with zero attached hydrogens (tertiary/aromatic N) is 2. The fraction of sp³-hybridized carbons (Fsp3) is 0.818. The molecule has 1 fully saturated rings. The van der Waals surface area contributed by atoms with Gasteiger partial charge in [-0.3, -0.25) is 9.69 Å². The summed E-state index contributed by atoms with van der Waals surface area (Å²) in [4.78, 5) is 25.8. The van der Waals surface area contributed by atoms with Crippen LogP contribution in [0.15, 0.2) is 0 Å². The molecule has 0 unspecified atom stereocenters. The second-order valence-electron chi connectivity index (χ2n) is 3.88. The average molecular weight is 244 g/mol. The molecule has 1 heterocycles. The molecule has 1 rings (SSSR count). The normalized spacial score (nSPS) is 16.1. The number of hydrogen-bond acceptors (Lipinski definition) is 4. The van der Waals surface area contributed by atoms with Gasteiger partial charge >= 0.3 is 6.03 Å². The predicted molar refractivity (Wildman–Crippen MR) is 61.2 cm³/mol. The van der Waals surface area contributed by atoms with E-state index in [0.717, 1.165) is 17.7 Å². The maximum atomic E-state index is 11.8. The quantitative estimate of drug-likeness (QED) is 0.472. The van der Waals surface area contributed by atoms with Crippen LogP contribution in [0.2, 0.25) is 0 Å². The maximum Gasteiger partial charge on any atom is 0.330 e. The molecule has 98 valence electrons. The van der Waals surface area contributed by atoms with Crippen molar-refractivity contribution in [2.45, 2.75) is 26.7 Å². The maximum absolute atomic E-state index is 11.8. The van der Waals surface area contributed by atoms with Crippen LogP contribution in [-0.4, -0.2) is 55.0 Å². The minimum atomic E-state index is -0.331. The number of rotatable bonds is 8. The monoisotopic (exact) mass is 244 g/mol. The van der Waals surface area contributed by atoms with Crippen molar-refractivity contribution in [3.8, 4) is 0 Å². The Morgan fingerprint density at radius 2 is 1.65 bits per heavy atom. The van der Waals surface area contributed by atoms with Crippen LogP contribution in [0.3, 0.4) is 0 Å². The number of imide groups is 1. The van der Waals surface area contributed by atoms with Gasteiger partial charge in [-0.2, -0.15) is 0 Å². The Morgan fingerprint density at radius 1 is 1.06 bits per heavy atom. The molecule has 0 atom stereocenters. The van der Waals surface area contributed by atoms with Crippen molar-refractivity contribution in [1.29, 1.82) is 0 Å². The molecule has 1 aliphatic heterocycles. The molecule has 1 aliphatic rings. The van der Waals surface area contributed by atoms with Crippen molar-refractivity contribution in [1.82, 2.24) is 9.80 Å². The minimum absolute atomic E-state index is 0.0375. The van der Waals surface area contributed by atoms with Crippen LogP contribution in [0.25, 0.3) is 0 Å². The van der Waals surface area contributed by atoms with Crippen LogP contribution in [0, 0.1) is 0 Å². The summed E-state index contributed by atoms with van der Waals surface area (Å²) in [6, 6.07) is -0.331. The summed E-state index contributed by atoms with van der Waals surface area (Å²) in [6.07, 6.45) is 1.75. The first-order chi connectivity index (χ1) is 8.20. The van der Waals surface area contributed by atoms with Crippen LogP contribution in [0.4, 0.5) is 4.79 Å². The first-order valence-electron chi connectivity index (χ1n) is 5.95. The highest BCUT2D eigenvalue weighted by Crippen LogP contribution is 2.10. The van der Waals surface area contributed by atoms with Crippen LogP contribution < -0.4 is 0 Å². The van der Waals surface area contributed by atoms with Crippen molar-refractivity contribution in [2.75, 3.05) is 33.2 Å². The summed E-state index contributed by atoms with van der Waals surface area (Å²) in [5.41, 5.74) is 0. The largest absolute Gasteiger partial charge is 0.361 e. The van der Waals surface area contributed by atoms with Gasteiger partial charge in [0.25, 0.3) is 5.91 Å². The van der Waals surface area contributed by atoms with Gasteiger partial charge < -0.3 is 9.47 Å². The highest BCUT2D eigenvalue weighted by atomic mass is 16.5. The lowest BCUT2D eigenvalue weighted by atomic mass is 10.5. The Kier molecular flexibility index (Phi) is 5.93. The van der Waals surface area contributed by atoms with Gasteiger partial charge in [-0.25, -0.2) is 9.69 Å². The van der Waals surface area contributed by atoms with Crippen LogP contribution in [0.5, 0.6) is 0 Å². The van der Waals surface area contributed by atoms with Gasteiger partial charge in [0.1, 0.15) is 20.0 Å². The van der Waals surface area contributed by atoms with Gasteiger partial charge in [0, 0.05) is 13.2 Å². The van der Waals surface area contributed by atoms with E-state index < -0.39 is 0 Å². The predicted octanol–water partition coefficient (Wildman–Crippen LogP) is 1.02. The number of hydrogen-bond donors (Lipinski definition) is 0. The molecule has 1 saturated heterocycles. The summed E-state index contributed by atoms with van der Waals surface area (Å²) in [6.45, 7) is 5.38. The third-order valence-electron chi connectivity index (χ3n) is 2.29. The molecule has 0 saturated carbocycles. The molecule has 0 aliphatic carbocycles. The molecule has 6 nitrogen and oxygen atoms in total. The van der Waals surface area contributed by atoms with Crippen LogP contribution >= 0.6 is 0 Å². The molecule has 0 aromatic heterocycles. The third-order valence-corrected chi connectivity index (χ3v) is 2.29. The second-order valence-corrected chi connectivity index (χ2v) is 3.88. The van der Waals surface area contributed by atoms with Crippen LogP contribution in [-0.2, 0) is 14.3 Å². The fourth-order valence-electron chi connectivity index (χ4n) is 1.44. The number of carbonyl (C=O) groups is 2. The first kappa shape index (κ1) is 13.9. The van der Waals surface area contributed by atoms with Gasteiger partial charge in [0.2, 0.25) is 0 Å². The second kappa shape index (κ2) is 7.24. The van der Waals surface area contributed by atoms with E-state index in [-0.39, 0.29) is 31.9 Å².